The first-order valence-corrected chi connectivity index (χ1v) is 6.43. The quantitative estimate of drug-likeness (QED) is 0.636. The average Bonchev–Trinajstić information content (AvgIpc) is 2.77. The topological polar surface area (TPSA) is 9.72 Å². The maximum atomic E-state index is 3.34. The molecule has 0 fully saturated rings. The third kappa shape index (κ3) is 3.22. The van der Waals surface area contributed by atoms with Crippen molar-refractivity contribution in [3.63, 3.8) is 0 Å². The molecule has 1 aliphatic heterocycles. The second-order valence-electron chi connectivity index (χ2n) is 5.08. The summed E-state index contributed by atoms with van der Waals surface area (Å²) in [6, 6.07) is 18.1. The van der Waals surface area contributed by atoms with E-state index in [4.69, 9.17) is 0 Å². The maximum Gasteiger partial charge on any atom is 0.0927 e. The van der Waals surface area contributed by atoms with Gasteiger partial charge in [-0.15, -0.1) is 12.1 Å². The van der Waals surface area contributed by atoms with Crippen LogP contribution < -0.4 is 14.7 Å². The molecule has 0 aromatic heterocycles. The summed E-state index contributed by atoms with van der Waals surface area (Å²) in [5.74, 6) is 0. The number of nitrogens with zero attached hydrogens (tertiary/aromatic N) is 3. The number of hydrogen-bond acceptors (Lipinski definition) is 3. The number of anilines is 4. The Bertz CT molecular complexity index is 598. The minimum atomic E-state index is 0. The van der Waals surface area contributed by atoms with E-state index in [-0.39, 0.29) is 27.5 Å². The van der Waals surface area contributed by atoms with Gasteiger partial charge in [-0.2, -0.15) is 12.1 Å². The van der Waals surface area contributed by atoms with E-state index in [0.29, 0.717) is 0 Å². The van der Waals surface area contributed by atoms with Crippen LogP contribution in [0.3, 0.4) is 0 Å². The molecule has 3 nitrogen and oxygen atoms in total. The fourth-order valence-corrected chi connectivity index (χ4v) is 2.46. The first-order valence-electron chi connectivity index (χ1n) is 6.43. The second kappa shape index (κ2) is 6.97. The van der Waals surface area contributed by atoms with Crippen LogP contribution in [0.1, 0.15) is 0 Å². The Kier molecular flexibility index (Phi) is 5.82. The fourth-order valence-electron chi connectivity index (χ4n) is 2.46. The molecule has 0 spiro atoms. The van der Waals surface area contributed by atoms with E-state index in [2.05, 4.69) is 78.3 Å². The van der Waals surface area contributed by atoms with Gasteiger partial charge >= 0.3 is 0 Å². The normalized spacial score (nSPS) is 12.3. The van der Waals surface area contributed by atoms with Crippen molar-refractivity contribution in [2.45, 2.75) is 0 Å². The summed E-state index contributed by atoms with van der Waals surface area (Å²) in [7, 11) is 6.24. The van der Waals surface area contributed by atoms with Crippen LogP contribution >= 0.6 is 0 Å². The van der Waals surface area contributed by atoms with Crippen LogP contribution in [-0.2, 0) is 20.1 Å². The van der Waals surface area contributed by atoms with Crippen LogP contribution in [0.2, 0.25) is 0 Å². The average molecular weight is 460 g/mol. The van der Waals surface area contributed by atoms with Crippen molar-refractivity contribution in [3.05, 3.63) is 56.0 Å². The Hall–Kier alpha value is -1.51. The molecule has 0 saturated heterocycles. The van der Waals surface area contributed by atoms with Crippen molar-refractivity contribution in [1.29, 1.82) is 0 Å². The summed E-state index contributed by atoms with van der Waals surface area (Å²) in [6.45, 7) is 0.868. The third-order valence-electron chi connectivity index (χ3n) is 3.51. The van der Waals surface area contributed by atoms with Gasteiger partial charge in [0.25, 0.3) is 0 Å². The molecule has 0 atom stereocenters. The van der Waals surface area contributed by atoms with Crippen LogP contribution in [0.5, 0.6) is 0 Å². The van der Waals surface area contributed by atoms with Crippen LogP contribution in [0, 0.1) is 13.5 Å². The molecule has 0 aliphatic carbocycles. The number of rotatable bonds is 2. The summed E-state index contributed by atoms with van der Waals surface area (Å²) < 4.78 is 0. The molecule has 1 aliphatic rings. The van der Waals surface area contributed by atoms with E-state index in [1.807, 2.05) is 6.07 Å². The molecule has 2 aromatic carbocycles. The van der Waals surface area contributed by atoms with Gasteiger partial charge in [0.05, 0.1) is 18.0 Å². The van der Waals surface area contributed by atoms with E-state index in [1.54, 1.807) is 0 Å². The molecule has 0 saturated carbocycles. The Labute approximate surface area is 141 Å². The Morgan fingerprint density at radius 2 is 1.76 bits per heavy atom. The van der Waals surface area contributed by atoms with Crippen LogP contribution in [0.4, 0.5) is 22.7 Å². The van der Waals surface area contributed by atoms with Crippen molar-refractivity contribution in [3.8, 4) is 0 Å². The molecule has 1 radical (unpaired) electrons. The van der Waals surface area contributed by atoms with Gasteiger partial charge < -0.3 is 22.1 Å². The zero-order chi connectivity index (χ0) is 13.4. The first-order chi connectivity index (χ1) is 9.16. The molecule has 0 amide bonds. The molecule has 2 aromatic rings. The fraction of sp³-hybridized carbons (Fsp3) is 0.235. The van der Waals surface area contributed by atoms with E-state index < -0.39 is 0 Å². The van der Waals surface area contributed by atoms with Gasteiger partial charge in [-0.1, -0.05) is 23.5 Å². The molecule has 21 heavy (non-hydrogen) atoms. The smallest absolute Gasteiger partial charge is 0.0927 e. The number of hydrogen-bond donors (Lipinski definition) is 0. The third-order valence-corrected chi connectivity index (χ3v) is 3.51. The molecule has 115 valence electrons. The van der Waals surface area contributed by atoms with Crippen molar-refractivity contribution >= 4 is 22.7 Å². The molecule has 0 bridgehead atoms. The van der Waals surface area contributed by atoms with E-state index in [0.717, 1.165) is 12.4 Å². The standard InChI is InChI=1S/C16H18N3.CH3.Ir/c1-17(2)13-7-6-8-14(11-13)19-12-18(3)15-9-4-5-10-16(15)19;;/h4-7,9-11H,12H2,1-3H3;1H3;/q2*-1;. The Morgan fingerprint density at radius 3 is 2.43 bits per heavy atom. The predicted octanol–water partition coefficient (Wildman–Crippen LogP) is 3.55. The summed E-state index contributed by atoms with van der Waals surface area (Å²) in [6.07, 6.45) is 0. The minimum Gasteiger partial charge on any atom is -0.399 e. The number of fused-ring (bicyclic) bond motifs is 1. The van der Waals surface area contributed by atoms with Crippen molar-refractivity contribution in [1.82, 2.24) is 0 Å². The van der Waals surface area contributed by atoms with Crippen molar-refractivity contribution in [2.75, 3.05) is 42.5 Å². The van der Waals surface area contributed by atoms with Crippen molar-refractivity contribution in [2.24, 2.45) is 0 Å². The summed E-state index contributed by atoms with van der Waals surface area (Å²) in [4.78, 5) is 6.66. The second-order valence-corrected chi connectivity index (χ2v) is 5.08. The van der Waals surface area contributed by atoms with E-state index in [1.165, 1.54) is 17.1 Å². The monoisotopic (exact) mass is 460 g/mol. The Balaban J connectivity index is 0.00000110. The van der Waals surface area contributed by atoms with Gasteiger partial charge in [0.2, 0.25) is 0 Å². The Morgan fingerprint density at radius 1 is 1.10 bits per heavy atom. The summed E-state index contributed by atoms with van der Waals surface area (Å²) in [5.41, 5.74) is 4.83. The number of para-hydroxylation sites is 2. The van der Waals surface area contributed by atoms with Crippen LogP contribution in [-0.4, -0.2) is 27.8 Å². The van der Waals surface area contributed by atoms with Gasteiger partial charge in [-0.25, -0.2) is 0 Å². The van der Waals surface area contributed by atoms with E-state index >= 15 is 0 Å². The van der Waals surface area contributed by atoms with Gasteiger partial charge in [0.15, 0.2) is 0 Å². The molecule has 0 unspecified atom stereocenters. The van der Waals surface area contributed by atoms with Gasteiger partial charge in [-0.3, -0.25) is 0 Å². The van der Waals surface area contributed by atoms with Gasteiger partial charge in [0, 0.05) is 41.2 Å². The summed E-state index contributed by atoms with van der Waals surface area (Å²) in [5, 5.41) is 0. The molecule has 0 N–H and O–H groups in total. The molecular formula is C17H21IrN3-2. The van der Waals surface area contributed by atoms with Crippen molar-refractivity contribution < 1.29 is 20.1 Å². The van der Waals surface area contributed by atoms with Gasteiger partial charge in [0.1, 0.15) is 0 Å². The van der Waals surface area contributed by atoms with E-state index in [9.17, 15) is 0 Å². The van der Waals surface area contributed by atoms with Crippen LogP contribution in [0.25, 0.3) is 0 Å². The molecule has 3 rings (SSSR count). The zero-order valence-electron chi connectivity index (χ0n) is 12.9. The predicted molar refractivity (Wildman–Crippen MR) is 87.9 cm³/mol. The number of benzene rings is 2. The molecule has 4 heteroatoms. The van der Waals surface area contributed by atoms with Crippen LogP contribution in [0.15, 0.2) is 42.5 Å². The zero-order valence-corrected chi connectivity index (χ0v) is 15.3. The largest absolute Gasteiger partial charge is 0.399 e. The SMILES string of the molecule is CN(C)c1cc[c-]c(N2CN(C)c3ccccc32)c1.[CH3-].[Ir]. The first kappa shape index (κ1) is 17.5. The summed E-state index contributed by atoms with van der Waals surface area (Å²) >= 11 is 0. The van der Waals surface area contributed by atoms with Gasteiger partial charge in [-0.05, 0) is 12.1 Å². The molecule has 1 heterocycles. The minimum absolute atomic E-state index is 0. The maximum absolute atomic E-state index is 3.34. The molecular weight excluding hydrogens is 438 g/mol.